The molecule has 26 heavy (non-hydrogen) atoms. The molecule has 0 bridgehead atoms. The molecular formula is C20H21N3O2S. The number of ether oxygens (including phenoxy) is 1. The van der Waals surface area contributed by atoms with E-state index in [2.05, 4.69) is 21.8 Å². The summed E-state index contributed by atoms with van der Waals surface area (Å²) in [6.07, 6.45) is 6.01. The molecule has 3 aromatic heterocycles. The molecule has 5 nitrogen and oxygen atoms in total. The molecule has 1 amide bonds. The molecule has 0 fully saturated rings. The lowest BCUT2D eigenvalue weighted by atomic mass is 10.2. The molecule has 3 aromatic rings. The molecule has 1 unspecified atom stereocenters. The molecule has 0 radical (unpaired) electrons. The normalized spacial score (nSPS) is 16.9. The van der Waals surface area contributed by atoms with Gasteiger partial charge in [0.05, 0.1) is 32.2 Å². The van der Waals surface area contributed by atoms with Crippen molar-refractivity contribution in [1.82, 2.24) is 14.5 Å². The van der Waals surface area contributed by atoms with Gasteiger partial charge in [-0.05, 0) is 52.2 Å². The maximum atomic E-state index is 12.8. The van der Waals surface area contributed by atoms with Crippen LogP contribution in [0.5, 0.6) is 0 Å². The number of amides is 1. The molecule has 134 valence electrons. The van der Waals surface area contributed by atoms with Crippen LogP contribution >= 0.6 is 11.3 Å². The summed E-state index contributed by atoms with van der Waals surface area (Å²) in [5, 5.41) is 4.05. The number of carbonyl (C=O) groups excluding carboxylic acids is 1. The molecule has 1 atom stereocenters. The van der Waals surface area contributed by atoms with Gasteiger partial charge in [0.15, 0.2) is 0 Å². The number of rotatable bonds is 5. The second-order valence-corrected chi connectivity index (χ2v) is 7.30. The van der Waals surface area contributed by atoms with Crippen LogP contribution in [0.3, 0.4) is 0 Å². The molecule has 1 aliphatic heterocycles. The van der Waals surface area contributed by atoms with Gasteiger partial charge in [-0.3, -0.25) is 9.78 Å². The first-order chi connectivity index (χ1) is 12.8. The zero-order valence-corrected chi connectivity index (χ0v) is 15.3. The number of carbonyl (C=O) groups is 1. The fourth-order valence-corrected chi connectivity index (χ4v) is 3.89. The Bertz CT molecular complexity index is 845. The van der Waals surface area contributed by atoms with Crippen molar-refractivity contribution >= 4 is 17.2 Å². The van der Waals surface area contributed by atoms with E-state index in [4.69, 9.17) is 4.74 Å². The van der Waals surface area contributed by atoms with Gasteiger partial charge in [-0.15, -0.1) is 0 Å². The predicted octanol–water partition coefficient (Wildman–Crippen LogP) is 3.11. The maximum absolute atomic E-state index is 12.8. The van der Waals surface area contributed by atoms with E-state index in [0.29, 0.717) is 26.1 Å². The highest BCUT2D eigenvalue weighted by atomic mass is 32.1. The Morgan fingerprint density at radius 1 is 1.19 bits per heavy atom. The minimum atomic E-state index is -0.0387. The van der Waals surface area contributed by atoms with Crippen LogP contribution in [0.15, 0.2) is 59.7 Å². The van der Waals surface area contributed by atoms with E-state index in [0.717, 1.165) is 23.4 Å². The fourth-order valence-electron chi connectivity index (χ4n) is 3.22. The Balaban J connectivity index is 1.47. The minimum Gasteiger partial charge on any atom is -0.370 e. The first-order valence-corrected chi connectivity index (χ1v) is 9.65. The topological polar surface area (TPSA) is 47.4 Å². The molecule has 0 aromatic carbocycles. The van der Waals surface area contributed by atoms with E-state index >= 15 is 0 Å². The standard InChI is InChI=1S/C20H21N3O2S/c24-20(10-17-5-9-26-15-17)23-11-18-2-1-8-22(18)12-19(13-23)25-14-16-3-6-21-7-4-16/h1-9,15,19H,10-14H2. The lowest BCUT2D eigenvalue weighted by Crippen LogP contribution is -2.38. The van der Waals surface area contributed by atoms with Gasteiger partial charge >= 0.3 is 0 Å². The number of aromatic nitrogens is 2. The van der Waals surface area contributed by atoms with Gasteiger partial charge in [0, 0.05) is 30.8 Å². The summed E-state index contributed by atoms with van der Waals surface area (Å²) in [5.74, 6) is 0.149. The number of hydrogen-bond acceptors (Lipinski definition) is 4. The molecule has 0 saturated heterocycles. The molecule has 0 saturated carbocycles. The molecule has 4 rings (SSSR count). The van der Waals surface area contributed by atoms with Crippen LogP contribution in [-0.4, -0.2) is 33.0 Å². The first kappa shape index (κ1) is 17.0. The van der Waals surface area contributed by atoms with Crippen LogP contribution in [0.4, 0.5) is 0 Å². The second-order valence-electron chi connectivity index (χ2n) is 6.52. The highest BCUT2D eigenvalue weighted by Gasteiger charge is 2.25. The summed E-state index contributed by atoms with van der Waals surface area (Å²) in [6.45, 7) is 2.52. The largest absolute Gasteiger partial charge is 0.370 e. The summed E-state index contributed by atoms with van der Waals surface area (Å²) < 4.78 is 8.34. The molecule has 0 N–H and O–H groups in total. The molecule has 4 heterocycles. The summed E-state index contributed by atoms with van der Waals surface area (Å²) in [4.78, 5) is 18.8. The summed E-state index contributed by atoms with van der Waals surface area (Å²) in [6, 6.07) is 10.0. The first-order valence-electron chi connectivity index (χ1n) is 8.71. The van der Waals surface area contributed by atoms with E-state index < -0.39 is 0 Å². The maximum Gasteiger partial charge on any atom is 0.227 e. The minimum absolute atomic E-state index is 0.0387. The van der Waals surface area contributed by atoms with Gasteiger partial charge < -0.3 is 14.2 Å². The highest BCUT2D eigenvalue weighted by molar-refractivity contribution is 7.08. The Labute approximate surface area is 156 Å². The van der Waals surface area contributed by atoms with Crippen LogP contribution in [0.25, 0.3) is 0 Å². The molecular weight excluding hydrogens is 346 g/mol. The number of nitrogens with zero attached hydrogens (tertiary/aromatic N) is 3. The van der Waals surface area contributed by atoms with E-state index in [-0.39, 0.29) is 12.0 Å². The zero-order valence-electron chi connectivity index (χ0n) is 14.5. The number of hydrogen-bond donors (Lipinski definition) is 0. The second kappa shape index (κ2) is 7.85. The average molecular weight is 367 g/mol. The lowest BCUT2D eigenvalue weighted by molar-refractivity contribution is -0.133. The van der Waals surface area contributed by atoms with Crippen LogP contribution in [0.2, 0.25) is 0 Å². The Morgan fingerprint density at radius 2 is 2.08 bits per heavy atom. The molecule has 6 heteroatoms. The Kier molecular flexibility index (Phi) is 5.13. The van der Waals surface area contributed by atoms with E-state index in [1.165, 1.54) is 0 Å². The monoisotopic (exact) mass is 367 g/mol. The van der Waals surface area contributed by atoms with Crippen molar-refractivity contribution in [3.8, 4) is 0 Å². The molecule has 0 aliphatic carbocycles. The van der Waals surface area contributed by atoms with Gasteiger partial charge in [-0.1, -0.05) is 0 Å². The van der Waals surface area contributed by atoms with Gasteiger partial charge in [-0.25, -0.2) is 0 Å². The van der Waals surface area contributed by atoms with Gasteiger partial charge in [0.2, 0.25) is 5.91 Å². The van der Waals surface area contributed by atoms with Crippen molar-refractivity contribution in [2.75, 3.05) is 6.54 Å². The summed E-state index contributed by atoms with van der Waals surface area (Å²) in [7, 11) is 0. The number of fused-ring (bicyclic) bond motifs is 1. The SMILES string of the molecule is O=C(Cc1ccsc1)N1Cc2cccn2CC(OCc2ccncc2)C1. The number of pyridine rings is 1. The predicted molar refractivity (Wildman–Crippen MR) is 101 cm³/mol. The van der Waals surface area contributed by atoms with Crippen molar-refractivity contribution < 1.29 is 9.53 Å². The highest BCUT2D eigenvalue weighted by Crippen LogP contribution is 2.18. The third-order valence-corrected chi connectivity index (χ3v) is 5.36. The van der Waals surface area contributed by atoms with Crippen molar-refractivity contribution in [3.05, 3.63) is 76.5 Å². The van der Waals surface area contributed by atoms with Crippen molar-refractivity contribution in [1.29, 1.82) is 0 Å². The molecule has 0 spiro atoms. The van der Waals surface area contributed by atoms with Crippen LogP contribution < -0.4 is 0 Å². The van der Waals surface area contributed by atoms with Crippen molar-refractivity contribution in [2.45, 2.75) is 32.2 Å². The van der Waals surface area contributed by atoms with E-state index in [1.54, 1.807) is 23.7 Å². The van der Waals surface area contributed by atoms with Crippen molar-refractivity contribution in [3.63, 3.8) is 0 Å². The smallest absolute Gasteiger partial charge is 0.227 e. The summed E-state index contributed by atoms with van der Waals surface area (Å²) in [5.41, 5.74) is 3.32. The average Bonchev–Trinajstić information content (AvgIpc) is 3.29. The van der Waals surface area contributed by atoms with Gasteiger partial charge in [-0.2, -0.15) is 11.3 Å². The van der Waals surface area contributed by atoms with Crippen LogP contribution in [-0.2, 0) is 35.6 Å². The Morgan fingerprint density at radius 3 is 2.88 bits per heavy atom. The van der Waals surface area contributed by atoms with Crippen LogP contribution in [0, 0.1) is 0 Å². The van der Waals surface area contributed by atoms with Gasteiger partial charge in [0.25, 0.3) is 0 Å². The third-order valence-electron chi connectivity index (χ3n) is 4.62. The number of thiophene rings is 1. The third kappa shape index (κ3) is 4.03. The quantitative estimate of drug-likeness (QED) is 0.696. The van der Waals surface area contributed by atoms with Gasteiger partial charge in [0.1, 0.15) is 0 Å². The van der Waals surface area contributed by atoms with Crippen LogP contribution in [0.1, 0.15) is 16.8 Å². The fraction of sp³-hybridized carbons (Fsp3) is 0.300. The zero-order chi connectivity index (χ0) is 17.8. The van der Waals surface area contributed by atoms with Crippen molar-refractivity contribution in [2.24, 2.45) is 0 Å². The van der Waals surface area contributed by atoms with E-state index in [9.17, 15) is 4.79 Å². The summed E-state index contributed by atoms with van der Waals surface area (Å²) >= 11 is 1.62. The van der Waals surface area contributed by atoms with E-state index in [1.807, 2.05) is 39.9 Å². The lowest BCUT2D eigenvalue weighted by Gasteiger charge is -2.24. The Hall–Kier alpha value is -2.44. The molecule has 1 aliphatic rings.